The van der Waals surface area contributed by atoms with E-state index in [0.717, 1.165) is 30.1 Å². The standard InChI is InChI=1S/C18H25N3O3S2/c1-3-25-9-16(22)21-7-13-12(15-4-5-18(13,10-21)24-15)6-19-17(23)14-8-26-11(2)20-14/h8,12-13,15H,3-7,9-10H2,1-2H3,(H,19,23)/t12-,13+,15+,18+/m0/s1. The molecule has 26 heavy (non-hydrogen) atoms. The van der Waals surface area contributed by atoms with E-state index in [1.165, 1.54) is 11.3 Å². The van der Waals surface area contributed by atoms with Gasteiger partial charge >= 0.3 is 0 Å². The number of carbonyl (C=O) groups is 2. The third-order valence-electron chi connectivity index (χ3n) is 5.92. The van der Waals surface area contributed by atoms with Crippen LogP contribution in [0.3, 0.4) is 0 Å². The summed E-state index contributed by atoms with van der Waals surface area (Å²) in [6.07, 6.45) is 2.26. The zero-order valence-corrected chi connectivity index (χ0v) is 16.8. The summed E-state index contributed by atoms with van der Waals surface area (Å²) in [6, 6.07) is 0. The van der Waals surface area contributed by atoms with Crippen molar-refractivity contribution < 1.29 is 14.3 Å². The lowest BCUT2D eigenvalue weighted by Crippen LogP contribution is -2.42. The Morgan fingerprint density at radius 1 is 1.54 bits per heavy atom. The number of carbonyl (C=O) groups excluding carboxylic acids is 2. The van der Waals surface area contributed by atoms with Crippen molar-refractivity contribution in [3.8, 4) is 0 Å². The summed E-state index contributed by atoms with van der Waals surface area (Å²) in [5, 5.41) is 5.74. The smallest absolute Gasteiger partial charge is 0.270 e. The fourth-order valence-electron chi connectivity index (χ4n) is 4.70. The van der Waals surface area contributed by atoms with E-state index in [-0.39, 0.29) is 29.4 Å². The van der Waals surface area contributed by atoms with Crippen LogP contribution >= 0.6 is 23.1 Å². The number of likely N-dealkylation sites (tertiary alicyclic amines) is 1. The molecule has 3 aliphatic rings. The highest BCUT2D eigenvalue weighted by atomic mass is 32.2. The first-order chi connectivity index (χ1) is 12.5. The van der Waals surface area contributed by atoms with Crippen molar-refractivity contribution in [3.05, 3.63) is 16.1 Å². The molecule has 4 heterocycles. The fourth-order valence-corrected chi connectivity index (χ4v) is 5.86. The van der Waals surface area contributed by atoms with Crippen LogP contribution in [-0.4, -0.2) is 64.5 Å². The maximum atomic E-state index is 12.4. The van der Waals surface area contributed by atoms with Crippen LogP contribution < -0.4 is 5.32 Å². The number of rotatable bonds is 6. The maximum Gasteiger partial charge on any atom is 0.270 e. The van der Waals surface area contributed by atoms with Crippen molar-refractivity contribution in [2.24, 2.45) is 11.8 Å². The SMILES string of the molecule is CCSCC(=O)N1C[C@@H]2[C@H](CNC(=O)c3csc(C)n3)[C@H]3CC[C@]2(C1)O3. The minimum absolute atomic E-state index is 0.114. The molecule has 1 aromatic rings. The van der Waals surface area contributed by atoms with Gasteiger partial charge < -0.3 is 15.0 Å². The van der Waals surface area contributed by atoms with Crippen LogP contribution in [0.1, 0.15) is 35.3 Å². The zero-order chi connectivity index (χ0) is 18.3. The minimum Gasteiger partial charge on any atom is -0.369 e. The first-order valence-corrected chi connectivity index (χ1v) is 11.3. The average Bonchev–Trinajstić information content (AvgIpc) is 3.37. The largest absolute Gasteiger partial charge is 0.369 e. The first kappa shape index (κ1) is 18.3. The number of ether oxygens (including phenoxy) is 1. The second-order valence-electron chi connectivity index (χ2n) is 7.40. The Morgan fingerprint density at radius 3 is 3.12 bits per heavy atom. The average molecular weight is 396 g/mol. The third kappa shape index (κ3) is 3.16. The van der Waals surface area contributed by atoms with Crippen LogP contribution in [0, 0.1) is 18.8 Å². The highest BCUT2D eigenvalue weighted by molar-refractivity contribution is 7.99. The predicted molar refractivity (Wildman–Crippen MR) is 103 cm³/mol. The quantitative estimate of drug-likeness (QED) is 0.797. The van der Waals surface area contributed by atoms with Gasteiger partial charge in [-0.1, -0.05) is 6.92 Å². The van der Waals surface area contributed by atoms with Gasteiger partial charge in [0.1, 0.15) is 5.69 Å². The zero-order valence-electron chi connectivity index (χ0n) is 15.2. The lowest BCUT2D eigenvalue weighted by molar-refractivity contribution is -0.128. The molecule has 0 radical (unpaired) electrons. The van der Waals surface area contributed by atoms with Gasteiger partial charge in [-0.2, -0.15) is 11.8 Å². The topological polar surface area (TPSA) is 71.5 Å². The lowest BCUT2D eigenvalue weighted by atomic mass is 9.73. The van der Waals surface area contributed by atoms with Gasteiger partial charge in [-0.15, -0.1) is 11.3 Å². The number of nitrogens with zero attached hydrogens (tertiary/aromatic N) is 2. The number of fused-ring (bicyclic) bond motifs is 1. The molecular weight excluding hydrogens is 370 g/mol. The molecule has 0 unspecified atom stereocenters. The molecule has 1 spiro atoms. The molecule has 8 heteroatoms. The Kier molecular flexibility index (Phi) is 5.00. The number of thioether (sulfide) groups is 1. The van der Waals surface area contributed by atoms with Gasteiger partial charge in [0, 0.05) is 30.3 Å². The lowest BCUT2D eigenvalue weighted by Gasteiger charge is -2.29. The fraction of sp³-hybridized carbons (Fsp3) is 0.722. The number of amides is 2. The van der Waals surface area contributed by atoms with E-state index in [9.17, 15) is 9.59 Å². The van der Waals surface area contributed by atoms with E-state index in [1.807, 2.05) is 11.8 Å². The molecule has 0 saturated carbocycles. The van der Waals surface area contributed by atoms with E-state index in [4.69, 9.17) is 4.74 Å². The predicted octanol–water partition coefficient (Wildman–Crippen LogP) is 1.94. The molecule has 4 rings (SSSR count). The van der Waals surface area contributed by atoms with Crippen LogP contribution in [0.5, 0.6) is 0 Å². The molecule has 1 N–H and O–H groups in total. The van der Waals surface area contributed by atoms with Crippen LogP contribution in [0.25, 0.3) is 0 Å². The molecule has 3 fully saturated rings. The molecule has 3 aliphatic heterocycles. The third-order valence-corrected chi connectivity index (χ3v) is 7.55. The second-order valence-corrected chi connectivity index (χ2v) is 9.74. The van der Waals surface area contributed by atoms with Crippen LogP contribution in [0.2, 0.25) is 0 Å². The molecule has 0 aromatic carbocycles. The first-order valence-electron chi connectivity index (χ1n) is 9.26. The van der Waals surface area contributed by atoms with Gasteiger partial charge in [-0.3, -0.25) is 9.59 Å². The van der Waals surface area contributed by atoms with Crippen molar-refractivity contribution in [3.63, 3.8) is 0 Å². The number of thiazole rings is 1. The molecule has 1 aromatic heterocycles. The van der Waals surface area contributed by atoms with Crippen molar-refractivity contribution in [2.45, 2.75) is 38.4 Å². The summed E-state index contributed by atoms with van der Waals surface area (Å²) in [5.74, 6) is 2.22. The molecule has 0 aliphatic carbocycles. The Labute approximate surface area is 162 Å². The van der Waals surface area contributed by atoms with Gasteiger partial charge in [0.2, 0.25) is 5.91 Å². The summed E-state index contributed by atoms with van der Waals surface area (Å²) >= 11 is 3.15. The van der Waals surface area contributed by atoms with Crippen LogP contribution in [0.4, 0.5) is 0 Å². The Balaban J connectivity index is 1.39. The highest BCUT2D eigenvalue weighted by Crippen LogP contribution is 2.54. The number of nitrogens with one attached hydrogen (secondary N) is 1. The van der Waals surface area contributed by atoms with Crippen LogP contribution in [0.15, 0.2) is 5.38 Å². The summed E-state index contributed by atoms with van der Waals surface area (Å²) in [7, 11) is 0. The van der Waals surface area contributed by atoms with Gasteiger partial charge in [-0.25, -0.2) is 4.98 Å². The Bertz CT molecular complexity index is 710. The maximum absolute atomic E-state index is 12.4. The van der Waals surface area contributed by atoms with Crippen molar-refractivity contribution in [2.75, 3.05) is 31.1 Å². The molecule has 6 nitrogen and oxygen atoms in total. The number of hydrogen-bond acceptors (Lipinski definition) is 6. The monoisotopic (exact) mass is 395 g/mol. The van der Waals surface area contributed by atoms with Crippen molar-refractivity contribution >= 4 is 34.9 Å². The summed E-state index contributed by atoms with van der Waals surface area (Å²) in [4.78, 5) is 31.0. The van der Waals surface area contributed by atoms with Gasteiger partial charge in [0.15, 0.2) is 0 Å². The molecular formula is C18H25N3O3S2. The Hall–Kier alpha value is -1.12. The van der Waals surface area contributed by atoms with E-state index in [2.05, 4.69) is 17.2 Å². The highest BCUT2D eigenvalue weighted by Gasteiger charge is 2.63. The molecule has 3 saturated heterocycles. The molecule has 142 valence electrons. The normalized spacial score (nSPS) is 32.1. The van der Waals surface area contributed by atoms with Crippen molar-refractivity contribution in [1.82, 2.24) is 15.2 Å². The van der Waals surface area contributed by atoms with E-state index in [0.29, 0.717) is 30.5 Å². The van der Waals surface area contributed by atoms with Gasteiger partial charge in [0.05, 0.1) is 29.0 Å². The Morgan fingerprint density at radius 2 is 2.38 bits per heavy atom. The van der Waals surface area contributed by atoms with Crippen molar-refractivity contribution in [1.29, 1.82) is 0 Å². The second kappa shape index (κ2) is 7.13. The molecule has 2 amide bonds. The summed E-state index contributed by atoms with van der Waals surface area (Å²) in [5.41, 5.74) is 0.315. The number of aryl methyl sites for hydroxylation is 1. The van der Waals surface area contributed by atoms with Gasteiger partial charge in [0.25, 0.3) is 5.91 Å². The van der Waals surface area contributed by atoms with E-state index in [1.54, 1.807) is 17.1 Å². The van der Waals surface area contributed by atoms with Gasteiger partial charge in [-0.05, 0) is 25.5 Å². The van der Waals surface area contributed by atoms with E-state index < -0.39 is 0 Å². The summed E-state index contributed by atoms with van der Waals surface area (Å²) in [6.45, 7) is 6.04. The number of aromatic nitrogens is 1. The number of hydrogen-bond donors (Lipinski definition) is 1. The van der Waals surface area contributed by atoms with Crippen LogP contribution in [-0.2, 0) is 9.53 Å². The minimum atomic E-state index is -0.177. The molecule has 4 atom stereocenters. The summed E-state index contributed by atoms with van der Waals surface area (Å²) < 4.78 is 6.36. The van der Waals surface area contributed by atoms with E-state index >= 15 is 0 Å². The molecule has 2 bridgehead atoms.